The van der Waals surface area contributed by atoms with Crippen LogP contribution in [0.2, 0.25) is 0 Å². The molecule has 27 heavy (non-hydrogen) atoms. The highest BCUT2D eigenvalue weighted by molar-refractivity contribution is 6.00. The van der Waals surface area contributed by atoms with Crippen LogP contribution in [-0.4, -0.2) is 15.5 Å². The number of para-hydroxylation sites is 2. The Morgan fingerprint density at radius 2 is 1.59 bits per heavy atom. The Kier molecular flexibility index (Phi) is 4.59. The Hall–Kier alpha value is -3.21. The minimum Gasteiger partial charge on any atom is -0.287 e. The number of carbonyl (C=O) groups excluding carboxylic acids is 1. The minimum atomic E-state index is -0.169. The third-order valence-electron chi connectivity index (χ3n) is 4.95. The molecule has 0 N–H and O–H groups in total. The van der Waals surface area contributed by atoms with Crippen molar-refractivity contribution in [3.05, 3.63) is 88.1 Å². The van der Waals surface area contributed by atoms with E-state index in [9.17, 15) is 9.59 Å². The van der Waals surface area contributed by atoms with Crippen LogP contribution in [0.1, 0.15) is 23.5 Å². The number of hydrogen-bond acceptors (Lipinski definition) is 3. The standard InChI is InChI=1S/C22H21N3O2/c1-16-23-20-14-8-13-19(20)22(27)24(16)15-21(26)25(17-9-4-2-5-10-17)18-11-6-3-7-12-18/h2-7,9-12H,8,13-15H2,1H3. The van der Waals surface area contributed by atoms with Crippen LogP contribution >= 0.6 is 0 Å². The summed E-state index contributed by atoms with van der Waals surface area (Å²) in [6, 6.07) is 19.0. The Labute approximate surface area is 157 Å². The van der Waals surface area contributed by atoms with Gasteiger partial charge in [-0.1, -0.05) is 36.4 Å². The van der Waals surface area contributed by atoms with Crippen LogP contribution in [0.3, 0.4) is 0 Å². The number of anilines is 2. The van der Waals surface area contributed by atoms with Crippen molar-refractivity contribution in [2.75, 3.05) is 4.90 Å². The smallest absolute Gasteiger partial charge is 0.257 e. The SMILES string of the molecule is Cc1nc2c(c(=O)n1CC(=O)N(c1ccccc1)c1ccccc1)CCC2. The van der Waals surface area contributed by atoms with E-state index in [1.165, 1.54) is 4.57 Å². The van der Waals surface area contributed by atoms with E-state index in [1.54, 1.807) is 11.8 Å². The zero-order valence-electron chi connectivity index (χ0n) is 15.3. The fourth-order valence-electron chi connectivity index (χ4n) is 3.63. The molecule has 5 nitrogen and oxygen atoms in total. The zero-order chi connectivity index (χ0) is 18.8. The summed E-state index contributed by atoms with van der Waals surface area (Å²) in [4.78, 5) is 32.3. The van der Waals surface area contributed by atoms with Crippen molar-refractivity contribution in [1.29, 1.82) is 0 Å². The van der Waals surface area contributed by atoms with E-state index >= 15 is 0 Å². The molecule has 1 aromatic heterocycles. The quantitative estimate of drug-likeness (QED) is 0.717. The molecule has 0 aliphatic heterocycles. The first-order valence-corrected chi connectivity index (χ1v) is 9.17. The van der Waals surface area contributed by atoms with Gasteiger partial charge in [-0.25, -0.2) is 4.98 Å². The maximum Gasteiger partial charge on any atom is 0.257 e. The molecule has 1 amide bonds. The lowest BCUT2D eigenvalue weighted by atomic mass is 10.2. The van der Waals surface area contributed by atoms with Crippen molar-refractivity contribution in [2.45, 2.75) is 32.7 Å². The van der Waals surface area contributed by atoms with Gasteiger partial charge in [0.05, 0.1) is 5.69 Å². The van der Waals surface area contributed by atoms with Gasteiger partial charge >= 0.3 is 0 Å². The van der Waals surface area contributed by atoms with Gasteiger partial charge in [-0.15, -0.1) is 0 Å². The monoisotopic (exact) mass is 359 g/mol. The number of fused-ring (bicyclic) bond motifs is 1. The first-order chi connectivity index (χ1) is 13.1. The fourth-order valence-corrected chi connectivity index (χ4v) is 3.63. The lowest BCUT2D eigenvalue weighted by Crippen LogP contribution is -2.36. The van der Waals surface area contributed by atoms with Crippen LogP contribution in [0.4, 0.5) is 11.4 Å². The highest BCUT2D eigenvalue weighted by Crippen LogP contribution is 2.25. The average molecular weight is 359 g/mol. The molecular formula is C22H21N3O2. The number of aromatic nitrogens is 2. The number of benzene rings is 2. The first kappa shape index (κ1) is 17.2. The van der Waals surface area contributed by atoms with Crippen molar-refractivity contribution in [2.24, 2.45) is 0 Å². The zero-order valence-corrected chi connectivity index (χ0v) is 15.3. The molecule has 0 radical (unpaired) electrons. The predicted octanol–water partition coefficient (Wildman–Crippen LogP) is 3.41. The summed E-state index contributed by atoms with van der Waals surface area (Å²) in [5.74, 6) is 0.424. The van der Waals surface area contributed by atoms with E-state index in [0.29, 0.717) is 5.82 Å². The molecule has 1 aliphatic rings. The summed E-state index contributed by atoms with van der Waals surface area (Å²) >= 11 is 0. The van der Waals surface area contributed by atoms with E-state index in [4.69, 9.17) is 0 Å². The van der Waals surface area contributed by atoms with Crippen molar-refractivity contribution in [1.82, 2.24) is 9.55 Å². The normalized spacial score (nSPS) is 12.6. The van der Waals surface area contributed by atoms with Crippen molar-refractivity contribution >= 4 is 17.3 Å². The lowest BCUT2D eigenvalue weighted by molar-refractivity contribution is -0.118. The van der Waals surface area contributed by atoms with Gasteiger partial charge in [0.1, 0.15) is 12.4 Å². The number of hydrogen-bond donors (Lipinski definition) is 0. The van der Waals surface area contributed by atoms with E-state index in [2.05, 4.69) is 4.98 Å². The van der Waals surface area contributed by atoms with Gasteiger partial charge in [-0.3, -0.25) is 19.1 Å². The summed E-state index contributed by atoms with van der Waals surface area (Å²) in [6.07, 6.45) is 2.55. The number of rotatable bonds is 4. The van der Waals surface area contributed by atoms with Crippen molar-refractivity contribution < 1.29 is 4.79 Å². The second kappa shape index (κ2) is 7.19. The molecule has 0 fully saturated rings. The second-order valence-corrected chi connectivity index (χ2v) is 6.73. The Bertz CT molecular complexity index is 987. The Morgan fingerprint density at radius 3 is 2.19 bits per heavy atom. The molecule has 5 heteroatoms. The first-order valence-electron chi connectivity index (χ1n) is 9.17. The molecule has 136 valence electrons. The lowest BCUT2D eigenvalue weighted by Gasteiger charge is -2.24. The number of amides is 1. The number of carbonyl (C=O) groups is 1. The molecule has 0 saturated heterocycles. The number of nitrogens with zero attached hydrogens (tertiary/aromatic N) is 3. The molecule has 1 aliphatic carbocycles. The van der Waals surface area contributed by atoms with E-state index in [0.717, 1.165) is 41.9 Å². The predicted molar refractivity (Wildman–Crippen MR) is 105 cm³/mol. The molecule has 0 saturated carbocycles. The maximum atomic E-state index is 13.3. The summed E-state index contributed by atoms with van der Waals surface area (Å²) < 4.78 is 1.51. The van der Waals surface area contributed by atoms with Gasteiger partial charge in [0.25, 0.3) is 11.5 Å². The van der Waals surface area contributed by atoms with Gasteiger partial charge < -0.3 is 0 Å². The molecule has 0 bridgehead atoms. The molecular weight excluding hydrogens is 338 g/mol. The number of aryl methyl sites for hydroxylation is 2. The second-order valence-electron chi connectivity index (χ2n) is 6.73. The summed E-state index contributed by atoms with van der Waals surface area (Å²) in [6.45, 7) is 1.76. The van der Waals surface area contributed by atoms with Crippen LogP contribution < -0.4 is 10.5 Å². The van der Waals surface area contributed by atoms with Gasteiger partial charge in [-0.05, 0) is 50.5 Å². The van der Waals surface area contributed by atoms with Crippen LogP contribution in [0.15, 0.2) is 65.5 Å². The van der Waals surface area contributed by atoms with Crippen LogP contribution in [0, 0.1) is 6.92 Å². The van der Waals surface area contributed by atoms with Crippen molar-refractivity contribution in [3.63, 3.8) is 0 Å². The van der Waals surface area contributed by atoms with Crippen LogP contribution in [0.25, 0.3) is 0 Å². The van der Waals surface area contributed by atoms with E-state index in [-0.39, 0.29) is 18.0 Å². The van der Waals surface area contributed by atoms with Gasteiger partial charge in [0.15, 0.2) is 0 Å². The van der Waals surface area contributed by atoms with E-state index < -0.39 is 0 Å². The summed E-state index contributed by atoms with van der Waals surface area (Å²) in [7, 11) is 0. The Morgan fingerprint density at radius 1 is 1.00 bits per heavy atom. The largest absolute Gasteiger partial charge is 0.287 e. The minimum absolute atomic E-state index is 0.0330. The summed E-state index contributed by atoms with van der Waals surface area (Å²) in [5.41, 5.74) is 3.12. The van der Waals surface area contributed by atoms with Gasteiger partial charge in [-0.2, -0.15) is 0 Å². The highest BCUT2D eigenvalue weighted by Gasteiger charge is 2.23. The molecule has 0 unspecified atom stereocenters. The van der Waals surface area contributed by atoms with Gasteiger partial charge in [0, 0.05) is 16.9 Å². The molecule has 0 spiro atoms. The van der Waals surface area contributed by atoms with E-state index in [1.807, 2.05) is 60.7 Å². The Balaban J connectivity index is 1.73. The van der Waals surface area contributed by atoms with Gasteiger partial charge in [0.2, 0.25) is 0 Å². The van der Waals surface area contributed by atoms with Crippen molar-refractivity contribution in [3.8, 4) is 0 Å². The van der Waals surface area contributed by atoms with Crippen LogP contribution in [0.5, 0.6) is 0 Å². The summed E-state index contributed by atoms with van der Waals surface area (Å²) in [5, 5.41) is 0. The molecule has 3 aromatic rings. The highest BCUT2D eigenvalue weighted by atomic mass is 16.2. The third-order valence-corrected chi connectivity index (χ3v) is 4.95. The molecule has 4 rings (SSSR count). The molecule has 0 atom stereocenters. The average Bonchev–Trinajstić information content (AvgIpc) is 3.15. The maximum absolute atomic E-state index is 13.3. The topological polar surface area (TPSA) is 55.2 Å². The fraction of sp³-hybridized carbons (Fsp3) is 0.227. The molecule has 1 heterocycles. The molecule has 2 aromatic carbocycles. The third kappa shape index (κ3) is 3.28. The van der Waals surface area contributed by atoms with Crippen LogP contribution in [-0.2, 0) is 24.2 Å².